The first-order valence-corrected chi connectivity index (χ1v) is 10.4. The molecular weight excluding hydrogens is 439 g/mol. The number of carbonyl (C=O) groups excluding carboxylic acids is 2. The number of hydrogen-bond donors (Lipinski definition) is 2. The summed E-state index contributed by atoms with van der Waals surface area (Å²) in [5.41, 5.74) is 2.26. The van der Waals surface area contributed by atoms with Crippen molar-refractivity contribution in [1.82, 2.24) is 0 Å². The molecule has 0 aliphatic heterocycles. The van der Waals surface area contributed by atoms with E-state index in [0.29, 0.717) is 38.9 Å². The SMILES string of the molecule is COc1ccc(NC(=O)c2oc3ccccc3c2NC(=O)Cc2coc3ccc(F)cc23)cc1. The number of para-hydroxylation sites is 1. The van der Waals surface area contributed by atoms with E-state index in [1.807, 2.05) is 0 Å². The lowest BCUT2D eigenvalue weighted by molar-refractivity contribution is -0.115. The van der Waals surface area contributed by atoms with Gasteiger partial charge in [-0.1, -0.05) is 12.1 Å². The van der Waals surface area contributed by atoms with E-state index in [9.17, 15) is 14.0 Å². The van der Waals surface area contributed by atoms with Crippen molar-refractivity contribution in [3.63, 3.8) is 0 Å². The molecule has 0 atom stereocenters. The second-order valence-corrected chi connectivity index (χ2v) is 7.61. The smallest absolute Gasteiger partial charge is 0.293 e. The van der Waals surface area contributed by atoms with Crippen molar-refractivity contribution in [3.8, 4) is 5.75 Å². The average Bonchev–Trinajstić information content (AvgIpc) is 3.41. The highest BCUT2D eigenvalue weighted by atomic mass is 19.1. The molecule has 0 bridgehead atoms. The van der Waals surface area contributed by atoms with Crippen molar-refractivity contribution in [2.24, 2.45) is 0 Å². The van der Waals surface area contributed by atoms with Crippen molar-refractivity contribution in [1.29, 1.82) is 0 Å². The van der Waals surface area contributed by atoms with Crippen molar-refractivity contribution in [2.45, 2.75) is 6.42 Å². The number of rotatable bonds is 6. The normalized spacial score (nSPS) is 11.0. The Morgan fingerprint density at radius 3 is 2.53 bits per heavy atom. The summed E-state index contributed by atoms with van der Waals surface area (Å²) in [6.45, 7) is 0. The fraction of sp³-hybridized carbons (Fsp3) is 0.0769. The van der Waals surface area contributed by atoms with Crippen LogP contribution in [-0.4, -0.2) is 18.9 Å². The maximum Gasteiger partial charge on any atom is 0.293 e. The fourth-order valence-corrected chi connectivity index (χ4v) is 3.74. The highest BCUT2D eigenvalue weighted by Crippen LogP contribution is 2.32. The van der Waals surface area contributed by atoms with Crippen LogP contribution in [0.4, 0.5) is 15.8 Å². The molecule has 2 N–H and O–H groups in total. The zero-order valence-corrected chi connectivity index (χ0v) is 18.1. The summed E-state index contributed by atoms with van der Waals surface area (Å²) in [4.78, 5) is 25.9. The number of anilines is 2. The monoisotopic (exact) mass is 458 g/mol. The zero-order chi connectivity index (χ0) is 23.7. The minimum absolute atomic E-state index is 0.0338. The highest BCUT2D eigenvalue weighted by Gasteiger charge is 2.23. The van der Waals surface area contributed by atoms with Gasteiger partial charge in [0.05, 0.1) is 19.8 Å². The van der Waals surface area contributed by atoms with E-state index in [2.05, 4.69) is 10.6 Å². The Balaban J connectivity index is 1.42. The van der Waals surface area contributed by atoms with Gasteiger partial charge in [0.25, 0.3) is 5.91 Å². The first-order chi connectivity index (χ1) is 16.5. The highest BCUT2D eigenvalue weighted by molar-refractivity contribution is 6.14. The molecule has 0 saturated heterocycles. The molecule has 2 aromatic heterocycles. The number of methoxy groups -OCH3 is 1. The molecule has 170 valence electrons. The molecule has 7 nitrogen and oxygen atoms in total. The summed E-state index contributed by atoms with van der Waals surface area (Å²) in [6.07, 6.45) is 1.35. The lowest BCUT2D eigenvalue weighted by Crippen LogP contribution is -2.18. The number of furan rings is 2. The quantitative estimate of drug-likeness (QED) is 0.337. The third-order valence-corrected chi connectivity index (χ3v) is 5.38. The number of ether oxygens (including phenoxy) is 1. The molecule has 5 rings (SSSR count). The Hall–Kier alpha value is -4.59. The number of nitrogens with one attached hydrogen (secondary N) is 2. The molecule has 0 saturated carbocycles. The van der Waals surface area contributed by atoms with Gasteiger partial charge in [-0.15, -0.1) is 0 Å². The molecular formula is C26H19FN2O5. The van der Waals surface area contributed by atoms with Gasteiger partial charge in [-0.25, -0.2) is 4.39 Å². The van der Waals surface area contributed by atoms with Crippen LogP contribution in [0.2, 0.25) is 0 Å². The molecule has 8 heteroatoms. The largest absolute Gasteiger partial charge is 0.497 e. The zero-order valence-electron chi connectivity index (χ0n) is 18.1. The van der Waals surface area contributed by atoms with Gasteiger partial charge in [-0.3, -0.25) is 9.59 Å². The Morgan fingerprint density at radius 1 is 0.941 bits per heavy atom. The summed E-state index contributed by atoms with van der Waals surface area (Å²) in [7, 11) is 1.56. The Morgan fingerprint density at radius 2 is 1.74 bits per heavy atom. The van der Waals surface area contributed by atoms with E-state index in [4.69, 9.17) is 13.6 Å². The summed E-state index contributed by atoms with van der Waals surface area (Å²) in [5.74, 6) is -0.729. The van der Waals surface area contributed by atoms with Crippen LogP contribution in [0.1, 0.15) is 16.1 Å². The Kier molecular flexibility index (Phi) is 5.47. The van der Waals surface area contributed by atoms with Crippen LogP contribution in [-0.2, 0) is 11.2 Å². The van der Waals surface area contributed by atoms with Gasteiger partial charge in [-0.05, 0) is 54.6 Å². The van der Waals surface area contributed by atoms with E-state index in [1.54, 1.807) is 55.6 Å². The Labute approximate surface area is 193 Å². The molecule has 3 aromatic carbocycles. The van der Waals surface area contributed by atoms with Crippen molar-refractivity contribution in [3.05, 3.63) is 90.1 Å². The first kappa shape index (κ1) is 21.3. The third-order valence-electron chi connectivity index (χ3n) is 5.38. The maximum absolute atomic E-state index is 13.7. The molecule has 5 aromatic rings. The molecule has 2 amide bonds. The summed E-state index contributed by atoms with van der Waals surface area (Å²) >= 11 is 0. The van der Waals surface area contributed by atoms with Crippen molar-refractivity contribution >= 4 is 45.1 Å². The number of hydrogen-bond acceptors (Lipinski definition) is 5. The van der Waals surface area contributed by atoms with Gasteiger partial charge in [0.15, 0.2) is 0 Å². The van der Waals surface area contributed by atoms with E-state index in [-0.39, 0.29) is 17.9 Å². The molecule has 0 aliphatic rings. The number of benzene rings is 3. The predicted octanol–water partition coefficient (Wildman–Crippen LogP) is 5.76. The lowest BCUT2D eigenvalue weighted by Gasteiger charge is -2.08. The minimum atomic E-state index is -0.521. The van der Waals surface area contributed by atoms with Gasteiger partial charge in [0, 0.05) is 22.0 Å². The molecule has 0 radical (unpaired) electrons. The summed E-state index contributed by atoms with van der Waals surface area (Å²) < 4.78 is 30.0. The topological polar surface area (TPSA) is 93.7 Å². The second-order valence-electron chi connectivity index (χ2n) is 7.61. The van der Waals surface area contributed by atoms with Crippen LogP contribution in [0.3, 0.4) is 0 Å². The summed E-state index contributed by atoms with van der Waals surface area (Å²) in [5, 5.41) is 6.65. The van der Waals surface area contributed by atoms with Crippen LogP contribution in [0, 0.1) is 5.82 Å². The van der Waals surface area contributed by atoms with Gasteiger partial charge in [0.1, 0.15) is 28.4 Å². The van der Waals surface area contributed by atoms with E-state index in [0.717, 1.165) is 0 Å². The van der Waals surface area contributed by atoms with E-state index in [1.165, 1.54) is 24.5 Å². The van der Waals surface area contributed by atoms with E-state index >= 15 is 0 Å². The van der Waals surface area contributed by atoms with Crippen LogP contribution in [0.15, 0.2) is 81.8 Å². The predicted molar refractivity (Wildman–Crippen MR) is 126 cm³/mol. The minimum Gasteiger partial charge on any atom is -0.497 e. The first-order valence-electron chi connectivity index (χ1n) is 10.4. The molecule has 34 heavy (non-hydrogen) atoms. The molecule has 0 aliphatic carbocycles. The van der Waals surface area contributed by atoms with Crippen LogP contribution >= 0.6 is 0 Å². The van der Waals surface area contributed by atoms with Gasteiger partial charge in [-0.2, -0.15) is 0 Å². The number of halogens is 1. The van der Waals surface area contributed by atoms with Crippen LogP contribution in [0.25, 0.3) is 21.9 Å². The summed E-state index contributed by atoms with van der Waals surface area (Å²) in [6, 6.07) is 18.0. The van der Waals surface area contributed by atoms with Crippen LogP contribution < -0.4 is 15.4 Å². The fourth-order valence-electron chi connectivity index (χ4n) is 3.74. The standard InChI is InChI=1S/C26H19FN2O5/c1-32-18-9-7-17(8-10-18)28-26(31)25-24(19-4-2-3-5-22(19)34-25)29-23(30)12-15-14-33-21-11-6-16(27)13-20(15)21/h2-11,13-14H,12H2,1H3,(H,28,31)(H,29,30). The second kappa shape index (κ2) is 8.74. The van der Waals surface area contributed by atoms with Gasteiger partial charge >= 0.3 is 0 Å². The third kappa shape index (κ3) is 4.09. The number of fused-ring (bicyclic) bond motifs is 2. The maximum atomic E-state index is 13.7. The van der Waals surface area contributed by atoms with Gasteiger partial charge < -0.3 is 24.2 Å². The van der Waals surface area contributed by atoms with E-state index < -0.39 is 17.6 Å². The molecule has 0 fully saturated rings. The van der Waals surface area contributed by atoms with Crippen molar-refractivity contribution < 1.29 is 27.6 Å². The van der Waals surface area contributed by atoms with Crippen molar-refractivity contribution in [2.75, 3.05) is 17.7 Å². The molecule has 0 spiro atoms. The lowest BCUT2D eigenvalue weighted by atomic mass is 10.1. The molecule has 2 heterocycles. The van der Waals surface area contributed by atoms with Gasteiger partial charge in [0.2, 0.25) is 11.7 Å². The molecule has 0 unspecified atom stereocenters. The number of carbonyl (C=O) groups is 2. The average molecular weight is 458 g/mol. The van der Waals surface area contributed by atoms with Crippen LogP contribution in [0.5, 0.6) is 5.75 Å². The number of amides is 2. The Bertz CT molecular complexity index is 1520.